The molecule has 0 saturated heterocycles. The van der Waals surface area contributed by atoms with Crippen LogP contribution in [0.15, 0.2) is 42.1 Å². The predicted molar refractivity (Wildman–Crippen MR) is 61.2 cm³/mol. The molecule has 1 heterocycles. The minimum atomic E-state index is -1.04. The number of hydrogen-bond donors (Lipinski definition) is 2. The Bertz CT molecular complexity index is 482. The summed E-state index contributed by atoms with van der Waals surface area (Å²) < 4.78 is 0. The summed E-state index contributed by atoms with van der Waals surface area (Å²) >= 11 is 0. The van der Waals surface area contributed by atoms with Crippen LogP contribution >= 0.6 is 0 Å². The molecule has 17 heavy (non-hydrogen) atoms. The molecule has 2 N–H and O–H groups in total. The first-order valence-electron chi connectivity index (χ1n) is 5.13. The van der Waals surface area contributed by atoms with Crippen molar-refractivity contribution < 1.29 is 14.7 Å². The van der Waals surface area contributed by atoms with Gasteiger partial charge in [0.25, 0.3) is 0 Å². The molecule has 1 atom stereocenters. The highest BCUT2D eigenvalue weighted by atomic mass is 16.4. The maximum absolute atomic E-state index is 11.5. The Kier molecular flexibility index (Phi) is 2.82. The van der Waals surface area contributed by atoms with Gasteiger partial charge in [-0.3, -0.25) is 0 Å². The average Bonchev–Trinajstić information content (AvgIpc) is 2.33. The number of amides is 2. The fourth-order valence-corrected chi connectivity index (χ4v) is 1.73. The lowest BCUT2D eigenvalue weighted by atomic mass is 9.98. The maximum Gasteiger partial charge on any atom is 0.335 e. The first-order valence-corrected chi connectivity index (χ1v) is 5.13. The number of rotatable bonds is 2. The lowest BCUT2D eigenvalue weighted by Gasteiger charge is -2.28. The first-order chi connectivity index (χ1) is 8.09. The van der Waals surface area contributed by atoms with Gasteiger partial charge in [-0.1, -0.05) is 30.3 Å². The van der Waals surface area contributed by atoms with Gasteiger partial charge in [0.1, 0.15) is 0 Å². The van der Waals surface area contributed by atoms with Crippen molar-refractivity contribution >= 4 is 12.0 Å². The second-order valence-electron chi connectivity index (χ2n) is 3.79. The molecule has 1 aliphatic rings. The standard InChI is InChI=1S/C12H12N2O3/c1-14-7-9(11(15)16)10(13-12(14)17)8-5-3-2-4-6-8/h2-7,10H,1H3,(H,13,17)(H,15,16). The Morgan fingerprint density at radius 1 is 1.35 bits per heavy atom. The highest BCUT2D eigenvalue weighted by molar-refractivity contribution is 5.92. The van der Waals surface area contributed by atoms with E-state index in [-0.39, 0.29) is 11.6 Å². The van der Waals surface area contributed by atoms with Crippen LogP contribution in [0.25, 0.3) is 0 Å². The fraction of sp³-hybridized carbons (Fsp3) is 0.167. The number of nitrogens with one attached hydrogen (secondary N) is 1. The molecule has 0 aliphatic carbocycles. The molecule has 88 valence electrons. The third kappa shape index (κ3) is 2.13. The van der Waals surface area contributed by atoms with E-state index in [9.17, 15) is 9.59 Å². The lowest BCUT2D eigenvalue weighted by Crippen LogP contribution is -2.43. The Balaban J connectivity index is 2.42. The van der Waals surface area contributed by atoms with Crippen LogP contribution in [0, 0.1) is 0 Å². The Labute approximate surface area is 98.4 Å². The number of carbonyl (C=O) groups is 2. The molecule has 0 saturated carbocycles. The van der Waals surface area contributed by atoms with Crippen LogP contribution in [-0.2, 0) is 4.79 Å². The number of carboxylic acids is 1. The van der Waals surface area contributed by atoms with Crippen LogP contribution in [0.4, 0.5) is 4.79 Å². The Morgan fingerprint density at radius 3 is 2.59 bits per heavy atom. The molecule has 0 spiro atoms. The minimum Gasteiger partial charge on any atom is -0.478 e. The number of urea groups is 1. The zero-order valence-corrected chi connectivity index (χ0v) is 9.25. The molecule has 5 heteroatoms. The Hall–Kier alpha value is -2.30. The predicted octanol–water partition coefficient (Wildman–Crippen LogP) is 1.35. The van der Waals surface area contributed by atoms with Gasteiger partial charge in [0.05, 0.1) is 11.6 Å². The van der Waals surface area contributed by atoms with Crippen molar-refractivity contribution in [2.24, 2.45) is 0 Å². The average molecular weight is 232 g/mol. The molecule has 1 aromatic carbocycles. The van der Waals surface area contributed by atoms with E-state index in [0.717, 1.165) is 5.56 Å². The minimum absolute atomic E-state index is 0.151. The highest BCUT2D eigenvalue weighted by Gasteiger charge is 2.29. The first kappa shape index (κ1) is 11.2. The van der Waals surface area contributed by atoms with Crippen LogP contribution < -0.4 is 5.32 Å². The van der Waals surface area contributed by atoms with Gasteiger partial charge in [0.2, 0.25) is 0 Å². The van der Waals surface area contributed by atoms with Gasteiger partial charge >= 0.3 is 12.0 Å². The lowest BCUT2D eigenvalue weighted by molar-refractivity contribution is -0.133. The van der Waals surface area contributed by atoms with Crippen molar-refractivity contribution in [1.82, 2.24) is 10.2 Å². The van der Waals surface area contributed by atoms with E-state index in [1.54, 1.807) is 24.3 Å². The van der Waals surface area contributed by atoms with Crippen LogP contribution in [0.5, 0.6) is 0 Å². The van der Waals surface area contributed by atoms with Crippen molar-refractivity contribution in [3.05, 3.63) is 47.7 Å². The number of hydrogen-bond acceptors (Lipinski definition) is 2. The number of carbonyl (C=O) groups excluding carboxylic acids is 1. The SMILES string of the molecule is CN1C=C(C(=O)O)C(c2ccccc2)NC1=O. The molecule has 0 aromatic heterocycles. The van der Waals surface area contributed by atoms with Gasteiger partial charge in [0.15, 0.2) is 0 Å². The van der Waals surface area contributed by atoms with E-state index < -0.39 is 12.0 Å². The third-order valence-corrected chi connectivity index (χ3v) is 2.61. The summed E-state index contributed by atoms with van der Waals surface area (Å²) in [6.07, 6.45) is 1.35. The van der Waals surface area contributed by atoms with Gasteiger partial charge in [-0.2, -0.15) is 0 Å². The molecule has 1 unspecified atom stereocenters. The number of benzene rings is 1. The van der Waals surface area contributed by atoms with Crippen molar-refractivity contribution in [3.8, 4) is 0 Å². The number of carboxylic acid groups (broad SMARTS) is 1. The smallest absolute Gasteiger partial charge is 0.335 e. The van der Waals surface area contributed by atoms with Crippen molar-refractivity contribution in [2.75, 3.05) is 7.05 Å². The summed E-state index contributed by atoms with van der Waals surface area (Å²) in [5.41, 5.74) is 0.904. The van der Waals surface area contributed by atoms with E-state index in [2.05, 4.69) is 5.32 Å². The van der Waals surface area contributed by atoms with Crippen molar-refractivity contribution in [2.45, 2.75) is 6.04 Å². The van der Waals surface area contributed by atoms with E-state index in [1.165, 1.54) is 18.1 Å². The van der Waals surface area contributed by atoms with Gasteiger partial charge in [-0.15, -0.1) is 0 Å². The summed E-state index contributed by atoms with van der Waals surface area (Å²) in [6.45, 7) is 0. The zero-order valence-electron chi connectivity index (χ0n) is 9.25. The molecule has 0 bridgehead atoms. The van der Waals surface area contributed by atoms with Crippen molar-refractivity contribution in [3.63, 3.8) is 0 Å². The van der Waals surface area contributed by atoms with E-state index in [1.807, 2.05) is 6.07 Å². The van der Waals surface area contributed by atoms with E-state index in [4.69, 9.17) is 5.11 Å². The molecular weight excluding hydrogens is 220 g/mol. The van der Waals surface area contributed by atoms with Crippen LogP contribution in [-0.4, -0.2) is 29.1 Å². The maximum atomic E-state index is 11.5. The molecule has 0 fully saturated rings. The highest BCUT2D eigenvalue weighted by Crippen LogP contribution is 2.25. The van der Waals surface area contributed by atoms with Gasteiger partial charge < -0.3 is 15.3 Å². The second kappa shape index (κ2) is 4.29. The quantitative estimate of drug-likeness (QED) is 0.808. The number of aliphatic carboxylic acids is 1. The normalized spacial score (nSPS) is 19.6. The van der Waals surface area contributed by atoms with E-state index in [0.29, 0.717) is 0 Å². The topological polar surface area (TPSA) is 69.6 Å². The second-order valence-corrected chi connectivity index (χ2v) is 3.79. The number of nitrogens with zero attached hydrogens (tertiary/aromatic N) is 1. The monoisotopic (exact) mass is 232 g/mol. The molecule has 2 rings (SSSR count). The molecule has 2 amide bonds. The van der Waals surface area contributed by atoms with Gasteiger partial charge in [-0.25, -0.2) is 9.59 Å². The molecular formula is C12H12N2O3. The zero-order chi connectivity index (χ0) is 12.4. The molecule has 1 aliphatic heterocycles. The summed E-state index contributed by atoms with van der Waals surface area (Å²) in [7, 11) is 1.51. The molecule has 5 nitrogen and oxygen atoms in total. The molecule has 0 radical (unpaired) electrons. The largest absolute Gasteiger partial charge is 0.478 e. The summed E-state index contributed by atoms with van der Waals surface area (Å²) in [6, 6.07) is 8.10. The third-order valence-electron chi connectivity index (χ3n) is 2.61. The van der Waals surface area contributed by atoms with E-state index >= 15 is 0 Å². The van der Waals surface area contributed by atoms with Gasteiger partial charge in [-0.05, 0) is 5.56 Å². The van der Waals surface area contributed by atoms with Crippen LogP contribution in [0.2, 0.25) is 0 Å². The molecule has 1 aromatic rings. The summed E-state index contributed by atoms with van der Waals surface area (Å²) in [5, 5.41) is 11.8. The summed E-state index contributed by atoms with van der Waals surface area (Å²) in [5.74, 6) is -1.04. The van der Waals surface area contributed by atoms with Crippen molar-refractivity contribution in [1.29, 1.82) is 0 Å². The van der Waals surface area contributed by atoms with Gasteiger partial charge in [0, 0.05) is 13.2 Å². The van der Waals surface area contributed by atoms with Crippen LogP contribution in [0.3, 0.4) is 0 Å². The Morgan fingerprint density at radius 2 is 2.00 bits per heavy atom. The van der Waals surface area contributed by atoms with Crippen LogP contribution in [0.1, 0.15) is 11.6 Å². The summed E-state index contributed by atoms with van der Waals surface area (Å²) in [4.78, 5) is 23.9. The fourth-order valence-electron chi connectivity index (χ4n) is 1.73.